The molecule has 3 rings (SSSR count). The Kier molecular flexibility index (Phi) is 7.32. The maximum atomic E-state index is 5.58. The van der Waals surface area contributed by atoms with Gasteiger partial charge in [0.05, 0.1) is 0 Å². The molecule has 2 aromatic carbocycles. The molecule has 30 heavy (non-hydrogen) atoms. The second-order valence-electron chi connectivity index (χ2n) is 9.40. The van der Waals surface area contributed by atoms with E-state index in [2.05, 4.69) is 42.0 Å². The molecule has 2 aromatic rings. The number of para-hydroxylation sites is 2. The van der Waals surface area contributed by atoms with Crippen LogP contribution in [0.4, 0.5) is 11.4 Å². The van der Waals surface area contributed by atoms with Crippen molar-refractivity contribution >= 4 is 46.0 Å². The first-order valence-corrected chi connectivity index (χ1v) is 11.3. The summed E-state index contributed by atoms with van der Waals surface area (Å²) in [7, 11) is 0. The largest absolute Gasteiger partial charge is 0.362 e. The summed E-state index contributed by atoms with van der Waals surface area (Å²) in [4.78, 5) is 0. The number of nitrogens with one attached hydrogen (secondary N) is 4. The van der Waals surface area contributed by atoms with Gasteiger partial charge in [-0.15, -0.1) is 0 Å². The van der Waals surface area contributed by atoms with E-state index in [-0.39, 0.29) is 10.8 Å². The molecule has 160 valence electrons. The Labute approximate surface area is 191 Å². The van der Waals surface area contributed by atoms with Crippen molar-refractivity contribution in [3.05, 3.63) is 60.7 Å². The highest BCUT2D eigenvalue weighted by atomic mass is 32.1. The summed E-state index contributed by atoms with van der Waals surface area (Å²) in [5.74, 6) is 0. The molecule has 0 amide bonds. The van der Waals surface area contributed by atoms with Gasteiger partial charge in [0.1, 0.15) is 0 Å². The van der Waals surface area contributed by atoms with Crippen LogP contribution in [0.15, 0.2) is 60.7 Å². The smallest absolute Gasteiger partial charge is 0.170 e. The Bertz CT molecular complexity index is 854. The SMILES string of the molecule is CC1(C)C[C@@H](NC(=S)Nc2ccccc2)C[C@](C)(CNC(=S)Nc2ccccc2)C1. The van der Waals surface area contributed by atoms with Crippen LogP contribution >= 0.6 is 24.4 Å². The predicted octanol–water partition coefficient (Wildman–Crippen LogP) is 5.54. The number of rotatable bonds is 5. The molecule has 4 nitrogen and oxygen atoms in total. The van der Waals surface area contributed by atoms with Crippen LogP contribution in [0.1, 0.15) is 40.0 Å². The molecule has 0 spiro atoms. The molecule has 1 aliphatic rings. The third kappa shape index (κ3) is 6.96. The number of hydrogen-bond donors (Lipinski definition) is 4. The lowest BCUT2D eigenvalue weighted by molar-refractivity contribution is 0.0807. The first-order chi connectivity index (χ1) is 14.2. The average molecular weight is 441 g/mol. The molecular formula is C24H32N4S2. The van der Waals surface area contributed by atoms with Crippen LogP contribution in [0.5, 0.6) is 0 Å². The van der Waals surface area contributed by atoms with Gasteiger partial charge in [0, 0.05) is 24.0 Å². The van der Waals surface area contributed by atoms with Crippen LogP contribution in [0.3, 0.4) is 0 Å². The predicted molar refractivity (Wildman–Crippen MR) is 136 cm³/mol. The van der Waals surface area contributed by atoms with Crippen molar-refractivity contribution < 1.29 is 0 Å². The zero-order valence-corrected chi connectivity index (χ0v) is 19.6. The molecule has 0 aliphatic heterocycles. The van der Waals surface area contributed by atoms with Crippen molar-refractivity contribution in [1.29, 1.82) is 0 Å². The fourth-order valence-corrected chi connectivity index (χ4v) is 5.21. The minimum absolute atomic E-state index is 0.115. The quantitative estimate of drug-likeness (QED) is 0.458. The zero-order chi connectivity index (χ0) is 21.6. The topological polar surface area (TPSA) is 48.1 Å². The van der Waals surface area contributed by atoms with Crippen LogP contribution in [0.2, 0.25) is 0 Å². The molecule has 1 saturated carbocycles. The average Bonchev–Trinajstić information content (AvgIpc) is 2.66. The maximum Gasteiger partial charge on any atom is 0.170 e. The molecular weight excluding hydrogens is 408 g/mol. The minimum atomic E-state index is 0.115. The van der Waals surface area contributed by atoms with E-state index in [0.29, 0.717) is 16.3 Å². The molecule has 1 aliphatic carbocycles. The van der Waals surface area contributed by atoms with Gasteiger partial charge in [-0.3, -0.25) is 0 Å². The standard InChI is InChI=1S/C24H32N4S2/c1-23(2)14-20(28-22(30)27-19-12-8-5-9-13-19)15-24(3,16-23)17-25-21(29)26-18-10-6-4-7-11-18/h4-13,20H,14-17H2,1-3H3,(H2,25,26,29)(H2,27,28,30)/t20-,24+/m1/s1. The summed E-state index contributed by atoms with van der Waals surface area (Å²) in [6.07, 6.45) is 3.26. The van der Waals surface area contributed by atoms with Gasteiger partial charge >= 0.3 is 0 Å². The third-order valence-corrected chi connectivity index (χ3v) is 5.98. The summed E-state index contributed by atoms with van der Waals surface area (Å²) in [5.41, 5.74) is 2.35. The second kappa shape index (κ2) is 9.75. The molecule has 0 radical (unpaired) electrons. The minimum Gasteiger partial charge on any atom is -0.362 e. The van der Waals surface area contributed by atoms with Crippen molar-refractivity contribution in [1.82, 2.24) is 10.6 Å². The molecule has 1 fully saturated rings. The molecule has 0 heterocycles. The molecule has 0 aromatic heterocycles. The van der Waals surface area contributed by atoms with E-state index in [1.54, 1.807) is 0 Å². The van der Waals surface area contributed by atoms with Crippen molar-refractivity contribution in [3.63, 3.8) is 0 Å². The molecule has 0 bridgehead atoms. The summed E-state index contributed by atoms with van der Waals surface area (Å²) in [6, 6.07) is 20.4. The van der Waals surface area contributed by atoms with Gasteiger partial charge in [0.25, 0.3) is 0 Å². The Hall–Kier alpha value is -2.18. The number of hydrogen-bond acceptors (Lipinski definition) is 2. The van der Waals surface area contributed by atoms with Gasteiger partial charge in [-0.05, 0) is 78.8 Å². The van der Waals surface area contributed by atoms with Crippen LogP contribution in [0, 0.1) is 10.8 Å². The van der Waals surface area contributed by atoms with E-state index < -0.39 is 0 Å². The van der Waals surface area contributed by atoms with Crippen LogP contribution < -0.4 is 21.3 Å². The summed E-state index contributed by atoms with van der Waals surface area (Å²) >= 11 is 11.1. The van der Waals surface area contributed by atoms with Gasteiger partial charge in [0.2, 0.25) is 0 Å². The van der Waals surface area contributed by atoms with Gasteiger partial charge in [-0.2, -0.15) is 0 Å². The van der Waals surface area contributed by atoms with Gasteiger partial charge < -0.3 is 21.3 Å². The van der Waals surface area contributed by atoms with Gasteiger partial charge in [-0.1, -0.05) is 57.2 Å². The number of anilines is 2. The Morgan fingerprint density at radius 1 is 0.833 bits per heavy atom. The van der Waals surface area contributed by atoms with Crippen LogP contribution in [-0.2, 0) is 0 Å². The lowest BCUT2D eigenvalue weighted by Gasteiger charge is -2.47. The number of benzene rings is 2. The Morgan fingerprint density at radius 2 is 1.37 bits per heavy atom. The maximum absolute atomic E-state index is 5.58. The van der Waals surface area contributed by atoms with Gasteiger partial charge in [-0.25, -0.2) is 0 Å². The fourth-order valence-electron chi connectivity index (χ4n) is 4.73. The van der Waals surface area contributed by atoms with E-state index in [9.17, 15) is 0 Å². The van der Waals surface area contributed by atoms with Crippen molar-refractivity contribution in [2.75, 3.05) is 17.2 Å². The summed E-state index contributed by atoms with van der Waals surface area (Å²) < 4.78 is 0. The second-order valence-corrected chi connectivity index (χ2v) is 10.2. The molecule has 0 saturated heterocycles. The highest BCUT2D eigenvalue weighted by Crippen LogP contribution is 2.45. The molecule has 2 atom stereocenters. The molecule has 0 unspecified atom stereocenters. The van der Waals surface area contributed by atoms with E-state index in [1.165, 1.54) is 0 Å². The summed E-state index contributed by atoms with van der Waals surface area (Å²) in [6.45, 7) is 7.85. The van der Waals surface area contributed by atoms with Crippen LogP contribution in [0.25, 0.3) is 0 Å². The Morgan fingerprint density at radius 3 is 1.93 bits per heavy atom. The van der Waals surface area contributed by atoms with Gasteiger partial charge in [0.15, 0.2) is 10.2 Å². The van der Waals surface area contributed by atoms with Crippen molar-refractivity contribution in [3.8, 4) is 0 Å². The molecule has 6 heteroatoms. The zero-order valence-electron chi connectivity index (χ0n) is 18.0. The highest BCUT2D eigenvalue weighted by molar-refractivity contribution is 7.80. The van der Waals surface area contributed by atoms with Crippen molar-refractivity contribution in [2.24, 2.45) is 10.8 Å². The fraction of sp³-hybridized carbons (Fsp3) is 0.417. The van der Waals surface area contributed by atoms with E-state index in [0.717, 1.165) is 37.2 Å². The number of thiocarbonyl (C=S) groups is 2. The normalized spacial score (nSPS) is 22.6. The lowest BCUT2D eigenvalue weighted by Crippen LogP contribution is -2.51. The van der Waals surface area contributed by atoms with Crippen LogP contribution in [-0.4, -0.2) is 22.8 Å². The Balaban J connectivity index is 1.56. The molecule has 4 N–H and O–H groups in total. The third-order valence-electron chi connectivity index (χ3n) is 5.52. The highest BCUT2D eigenvalue weighted by Gasteiger charge is 2.41. The lowest BCUT2D eigenvalue weighted by atomic mass is 9.62. The monoisotopic (exact) mass is 440 g/mol. The van der Waals surface area contributed by atoms with E-state index >= 15 is 0 Å². The van der Waals surface area contributed by atoms with E-state index in [4.69, 9.17) is 24.4 Å². The summed E-state index contributed by atoms with van der Waals surface area (Å²) in [5, 5.41) is 14.9. The first-order valence-electron chi connectivity index (χ1n) is 10.5. The first kappa shape index (κ1) is 22.5. The van der Waals surface area contributed by atoms with E-state index in [1.807, 2.05) is 60.7 Å². The van der Waals surface area contributed by atoms with Crippen molar-refractivity contribution in [2.45, 2.75) is 46.1 Å².